The molecule has 0 aromatic carbocycles. The Kier molecular flexibility index (Phi) is 24.8. The molecule has 62 heavy (non-hydrogen) atoms. The number of hydrogen-bond acceptors (Lipinski definition) is 12. The molecule has 2 radical (unpaired) electrons. The quantitative estimate of drug-likeness (QED) is 0.0222. The lowest BCUT2D eigenvalue weighted by molar-refractivity contribution is -0.174. The maximum atomic E-state index is 13.1. The molecule has 5 unspecified atom stereocenters. The Bertz CT molecular complexity index is 1450. The summed E-state index contributed by atoms with van der Waals surface area (Å²) >= 11 is 0. The van der Waals surface area contributed by atoms with Crippen LogP contribution in [0.4, 0.5) is 4.79 Å². The van der Waals surface area contributed by atoms with Crippen molar-refractivity contribution in [1.82, 2.24) is 10.6 Å². The van der Waals surface area contributed by atoms with E-state index in [0.29, 0.717) is 38.9 Å². The molecule has 358 valence electrons. The Morgan fingerprint density at radius 3 is 1.63 bits per heavy atom. The number of carbonyl (C=O) groups is 4. The first kappa shape index (κ1) is 59.0. The minimum absolute atomic E-state index is 0.00880. The lowest BCUT2D eigenvalue weighted by Gasteiger charge is -2.47. The molecule has 0 heterocycles. The number of amides is 2. The standard InChI is InChI=1S/C47H85BN2O12/c1-20-45(17,62-41(54)50-24-27-56-39(52)33(5)6)36(29-57-34(7)8)30-60-46(18,21-2)42(11,12)22-25-59-44(15,16)43(13,14)28-37(31-58-35(9)10)61-47(19,48)40(53)49-23-26-55-38(51)32(3)4/h34-37H,3,5,20-31H2,1-2,4,6-19H3,(H,49,53)(H,50,54). The summed E-state index contributed by atoms with van der Waals surface area (Å²) in [5.74, 6) is -1.92. The van der Waals surface area contributed by atoms with E-state index in [2.05, 4.69) is 65.3 Å². The lowest BCUT2D eigenvalue weighted by Crippen LogP contribution is -2.52. The van der Waals surface area contributed by atoms with Gasteiger partial charge in [-0.15, -0.1) is 0 Å². The van der Waals surface area contributed by atoms with E-state index in [4.69, 9.17) is 45.7 Å². The van der Waals surface area contributed by atoms with Gasteiger partial charge in [-0.25, -0.2) is 14.4 Å². The van der Waals surface area contributed by atoms with E-state index in [0.717, 1.165) is 0 Å². The van der Waals surface area contributed by atoms with E-state index < -0.39 is 57.8 Å². The largest absolute Gasteiger partial charge is 0.460 e. The van der Waals surface area contributed by atoms with Crippen LogP contribution in [-0.4, -0.2) is 125 Å². The van der Waals surface area contributed by atoms with Crippen molar-refractivity contribution in [2.75, 3.05) is 52.7 Å². The molecule has 0 aliphatic heterocycles. The first-order valence-electron chi connectivity index (χ1n) is 22.2. The Labute approximate surface area is 376 Å². The Hall–Kier alpha value is -2.98. The van der Waals surface area contributed by atoms with Crippen LogP contribution in [-0.2, 0) is 52.3 Å². The zero-order valence-corrected chi connectivity index (χ0v) is 41.7. The maximum Gasteiger partial charge on any atom is 0.407 e. The summed E-state index contributed by atoms with van der Waals surface area (Å²) in [4.78, 5) is 49.5. The number of ether oxygens (including phenoxy) is 8. The number of hydrogen-bond donors (Lipinski definition) is 2. The second kappa shape index (κ2) is 26.1. The fraction of sp³-hybridized carbons (Fsp3) is 0.830. The molecule has 0 aromatic heterocycles. The van der Waals surface area contributed by atoms with Crippen LogP contribution in [0.1, 0.15) is 143 Å². The number of alkyl carbamates (subject to hydrolysis) is 1. The molecule has 5 atom stereocenters. The van der Waals surface area contributed by atoms with Gasteiger partial charge in [-0.2, -0.15) is 0 Å². The highest BCUT2D eigenvalue weighted by Crippen LogP contribution is 2.43. The minimum atomic E-state index is -1.70. The van der Waals surface area contributed by atoms with Crippen molar-refractivity contribution in [1.29, 1.82) is 0 Å². The van der Waals surface area contributed by atoms with E-state index >= 15 is 0 Å². The number of rotatable bonds is 32. The van der Waals surface area contributed by atoms with Gasteiger partial charge in [-0.05, 0) is 113 Å². The molecular formula is C47H85BN2O12. The summed E-state index contributed by atoms with van der Waals surface area (Å²) in [5.41, 5.74) is -4.17. The van der Waals surface area contributed by atoms with E-state index in [1.54, 1.807) is 13.8 Å². The first-order chi connectivity index (χ1) is 28.3. The van der Waals surface area contributed by atoms with Gasteiger partial charge in [0.25, 0.3) is 0 Å². The summed E-state index contributed by atoms with van der Waals surface area (Å²) in [6, 6.07) is 0. The molecule has 15 heteroatoms. The molecule has 14 nitrogen and oxygen atoms in total. The van der Waals surface area contributed by atoms with Crippen molar-refractivity contribution in [2.24, 2.45) is 16.7 Å². The van der Waals surface area contributed by atoms with E-state index in [-0.39, 0.29) is 74.2 Å². The lowest BCUT2D eigenvalue weighted by atomic mass is 9.71. The van der Waals surface area contributed by atoms with Gasteiger partial charge in [0.15, 0.2) is 0 Å². The van der Waals surface area contributed by atoms with Gasteiger partial charge in [0.2, 0.25) is 5.91 Å². The van der Waals surface area contributed by atoms with Gasteiger partial charge < -0.3 is 48.5 Å². The summed E-state index contributed by atoms with van der Waals surface area (Å²) in [6.07, 6.45) is 1.03. The third-order valence-electron chi connectivity index (χ3n) is 12.2. The Balaban J connectivity index is 5.89. The molecule has 2 N–H and O–H groups in total. The highest BCUT2D eigenvalue weighted by molar-refractivity contribution is 6.27. The molecule has 2 amide bonds. The van der Waals surface area contributed by atoms with Crippen LogP contribution in [0.3, 0.4) is 0 Å². The molecule has 0 aliphatic carbocycles. The third kappa shape index (κ3) is 20.2. The number of carbonyl (C=O) groups excluding carboxylic acids is 4. The smallest absolute Gasteiger partial charge is 0.407 e. The molecule has 0 saturated heterocycles. The minimum Gasteiger partial charge on any atom is -0.460 e. The van der Waals surface area contributed by atoms with Crippen LogP contribution in [0.2, 0.25) is 0 Å². The van der Waals surface area contributed by atoms with Gasteiger partial charge in [0.1, 0.15) is 32.2 Å². The second-order valence-electron chi connectivity index (χ2n) is 19.4. The van der Waals surface area contributed by atoms with E-state index in [1.807, 2.05) is 55.4 Å². The first-order valence-corrected chi connectivity index (χ1v) is 22.2. The fourth-order valence-electron chi connectivity index (χ4n) is 6.16. The highest BCUT2D eigenvalue weighted by Gasteiger charge is 2.46. The molecule has 0 bridgehead atoms. The molecule has 0 spiro atoms. The van der Waals surface area contributed by atoms with Gasteiger partial charge in [-0.3, -0.25) is 4.79 Å². The molecule has 0 aliphatic rings. The number of nitrogens with one attached hydrogen (secondary N) is 2. The summed E-state index contributed by atoms with van der Waals surface area (Å²) in [6.45, 7) is 41.5. The summed E-state index contributed by atoms with van der Waals surface area (Å²) in [7, 11) is 6.43. The SMILES string of the molecule is [B]C(C)(OC(COC(C)C)CC(C)(C)C(C)(C)OCCC(C)(C)C(C)(CC)OCC(COC(C)C)C(C)(CC)OC(=O)NCCOC(=O)C(=C)C)C(=O)NCCOC(=O)C(=C)C. The predicted octanol–water partition coefficient (Wildman–Crippen LogP) is 7.79. The van der Waals surface area contributed by atoms with Crippen LogP contribution >= 0.6 is 0 Å². The Morgan fingerprint density at radius 1 is 0.661 bits per heavy atom. The maximum absolute atomic E-state index is 13.1. The Morgan fingerprint density at radius 2 is 1.16 bits per heavy atom. The molecular weight excluding hydrogens is 795 g/mol. The van der Waals surface area contributed by atoms with Gasteiger partial charge in [-0.1, -0.05) is 54.7 Å². The van der Waals surface area contributed by atoms with Crippen molar-refractivity contribution in [3.63, 3.8) is 0 Å². The topological polar surface area (TPSA) is 166 Å². The van der Waals surface area contributed by atoms with Crippen molar-refractivity contribution < 1.29 is 57.1 Å². The van der Waals surface area contributed by atoms with E-state index in [9.17, 15) is 19.2 Å². The average molecular weight is 881 g/mol. The van der Waals surface area contributed by atoms with Gasteiger partial charge in [0.05, 0.1) is 62.4 Å². The molecule has 0 fully saturated rings. The van der Waals surface area contributed by atoms with E-state index in [1.165, 1.54) is 6.92 Å². The number of esters is 2. The molecule has 0 rings (SSSR count). The zero-order chi connectivity index (χ0) is 48.3. The summed E-state index contributed by atoms with van der Waals surface area (Å²) < 4.78 is 48.1. The van der Waals surface area contributed by atoms with Crippen molar-refractivity contribution in [2.45, 2.75) is 184 Å². The van der Waals surface area contributed by atoms with Crippen molar-refractivity contribution in [3.8, 4) is 0 Å². The second-order valence-corrected chi connectivity index (χ2v) is 19.4. The van der Waals surface area contributed by atoms with Crippen molar-refractivity contribution in [3.05, 3.63) is 24.3 Å². The highest BCUT2D eigenvalue weighted by atomic mass is 16.6. The predicted molar refractivity (Wildman–Crippen MR) is 244 cm³/mol. The van der Waals surface area contributed by atoms with Crippen molar-refractivity contribution >= 4 is 31.8 Å². The van der Waals surface area contributed by atoms with Crippen LogP contribution < -0.4 is 10.6 Å². The van der Waals surface area contributed by atoms with Gasteiger partial charge >= 0.3 is 18.0 Å². The monoisotopic (exact) mass is 881 g/mol. The average Bonchev–Trinajstić information content (AvgIpc) is 3.15. The van der Waals surface area contributed by atoms with Crippen LogP contribution in [0.5, 0.6) is 0 Å². The normalized spacial score (nSPS) is 16.3. The fourth-order valence-corrected chi connectivity index (χ4v) is 6.16. The summed E-state index contributed by atoms with van der Waals surface area (Å²) in [5, 5.41) is 5.36. The van der Waals surface area contributed by atoms with Crippen LogP contribution in [0.25, 0.3) is 0 Å². The van der Waals surface area contributed by atoms with Crippen LogP contribution in [0, 0.1) is 16.7 Å². The molecule has 0 saturated carbocycles. The van der Waals surface area contributed by atoms with Crippen LogP contribution in [0.15, 0.2) is 24.3 Å². The van der Waals surface area contributed by atoms with Gasteiger partial charge in [0, 0.05) is 23.7 Å². The third-order valence-corrected chi connectivity index (χ3v) is 12.2. The zero-order valence-electron chi connectivity index (χ0n) is 41.7. The molecule has 0 aromatic rings.